The van der Waals surface area contributed by atoms with Gasteiger partial charge >= 0.3 is 0 Å². The Labute approximate surface area is 124 Å². The molecule has 1 unspecified atom stereocenters. The molecule has 1 aromatic carbocycles. The molecule has 2 aliphatic rings. The Morgan fingerprint density at radius 3 is 3.10 bits per heavy atom. The molecule has 0 radical (unpaired) electrons. The highest BCUT2D eigenvalue weighted by Crippen LogP contribution is 2.27. The molecule has 21 heavy (non-hydrogen) atoms. The zero-order chi connectivity index (χ0) is 14.4. The van der Waals surface area contributed by atoms with E-state index in [2.05, 4.69) is 10.2 Å². The minimum absolute atomic E-state index is 0.0308. The van der Waals surface area contributed by atoms with Gasteiger partial charge in [-0.1, -0.05) is 0 Å². The number of nitrogens with zero attached hydrogens (tertiary/aromatic N) is 1. The second-order valence-corrected chi connectivity index (χ2v) is 6.43. The number of rotatable bonds is 2. The Morgan fingerprint density at radius 1 is 1.33 bits per heavy atom. The number of piperidine rings is 1. The van der Waals surface area contributed by atoms with Crippen molar-refractivity contribution in [1.29, 1.82) is 0 Å². The largest absolute Gasteiger partial charge is 0.461 e. The summed E-state index contributed by atoms with van der Waals surface area (Å²) in [7, 11) is 0. The van der Waals surface area contributed by atoms with Gasteiger partial charge in [-0.2, -0.15) is 0 Å². The number of hydrogen-bond acceptors (Lipinski definition) is 3. The number of fused-ring (bicyclic) bond motifs is 3. The van der Waals surface area contributed by atoms with E-state index < -0.39 is 0 Å². The maximum Gasteiger partial charge on any atom is 0.251 e. The topological polar surface area (TPSA) is 45.5 Å². The molecule has 1 N–H and O–H groups in total. The summed E-state index contributed by atoms with van der Waals surface area (Å²) >= 11 is 0. The number of carbonyl (C=O) groups excluding carboxylic acids is 1. The van der Waals surface area contributed by atoms with E-state index >= 15 is 0 Å². The molecule has 2 bridgehead atoms. The minimum Gasteiger partial charge on any atom is -0.461 e. The summed E-state index contributed by atoms with van der Waals surface area (Å²) in [6.07, 6.45) is 2.40. The van der Waals surface area contributed by atoms with Crippen LogP contribution < -0.4 is 5.32 Å². The van der Waals surface area contributed by atoms with Crippen LogP contribution in [0.25, 0.3) is 11.0 Å². The normalized spacial score (nSPS) is 28.0. The zero-order valence-corrected chi connectivity index (χ0v) is 12.3. The van der Waals surface area contributed by atoms with Crippen LogP contribution in [-0.4, -0.2) is 36.5 Å². The molecule has 1 aromatic heterocycles. The number of amides is 1. The molecule has 2 fully saturated rings. The van der Waals surface area contributed by atoms with Crippen LogP contribution in [0.3, 0.4) is 0 Å². The second kappa shape index (κ2) is 4.88. The fourth-order valence-electron chi connectivity index (χ4n) is 3.75. The van der Waals surface area contributed by atoms with Crippen molar-refractivity contribution < 1.29 is 9.21 Å². The van der Waals surface area contributed by atoms with Gasteiger partial charge in [-0.25, -0.2) is 0 Å². The molecule has 4 rings (SSSR count). The van der Waals surface area contributed by atoms with Crippen LogP contribution in [0, 0.1) is 12.8 Å². The molecule has 2 aliphatic heterocycles. The van der Waals surface area contributed by atoms with Crippen molar-refractivity contribution in [3.63, 3.8) is 0 Å². The highest BCUT2D eigenvalue weighted by Gasteiger charge is 2.32. The molecule has 0 saturated carbocycles. The third-order valence-electron chi connectivity index (χ3n) is 4.70. The first-order valence-electron chi connectivity index (χ1n) is 7.71. The van der Waals surface area contributed by atoms with E-state index in [1.54, 1.807) is 0 Å². The van der Waals surface area contributed by atoms with Crippen molar-refractivity contribution in [3.05, 3.63) is 35.6 Å². The number of aryl methyl sites for hydroxylation is 1. The molecule has 2 aromatic rings. The van der Waals surface area contributed by atoms with Gasteiger partial charge in [0.1, 0.15) is 11.3 Å². The molecular weight excluding hydrogens is 265 g/mol. The van der Waals surface area contributed by atoms with Crippen molar-refractivity contribution in [1.82, 2.24) is 10.2 Å². The zero-order valence-electron chi connectivity index (χ0n) is 12.3. The van der Waals surface area contributed by atoms with Crippen molar-refractivity contribution in [2.24, 2.45) is 5.92 Å². The summed E-state index contributed by atoms with van der Waals surface area (Å²) in [5, 5.41) is 4.19. The van der Waals surface area contributed by atoms with Crippen LogP contribution in [0.15, 0.2) is 28.7 Å². The smallest absolute Gasteiger partial charge is 0.251 e. The maximum absolute atomic E-state index is 12.4. The minimum atomic E-state index is 0.0308. The van der Waals surface area contributed by atoms with Crippen LogP contribution >= 0.6 is 0 Å². The average Bonchev–Trinajstić information content (AvgIpc) is 2.99. The Kier molecular flexibility index (Phi) is 3.00. The molecule has 0 aliphatic carbocycles. The van der Waals surface area contributed by atoms with Gasteiger partial charge in [0.2, 0.25) is 0 Å². The van der Waals surface area contributed by atoms with E-state index in [0.29, 0.717) is 6.04 Å². The first-order chi connectivity index (χ1) is 10.2. The Hall–Kier alpha value is -1.81. The number of furan rings is 1. The third kappa shape index (κ3) is 2.44. The molecule has 2 saturated heterocycles. The predicted octanol–water partition coefficient (Wildman–Crippen LogP) is 2.57. The molecule has 3 atom stereocenters. The average molecular weight is 285 g/mol. The van der Waals surface area contributed by atoms with Crippen LogP contribution in [0.4, 0.5) is 0 Å². The van der Waals surface area contributed by atoms with Gasteiger partial charge in [-0.3, -0.25) is 4.79 Å². The maximum atomic E-state index is 12.4. The highest BCUT2D eigenvalue weighted by molar-refractivity contribution is 5.98. The van der Waals surface area contributed by atoms with Crippen molar-refractivity contribution in [2.75, 3.05) is 19.6 Å². The molecule has 4 nitrogen and oxygen atoms in total. The van der Waals surface area contributed by atoms with Gasteiger partial charge in [0, 0.05) is 30.1 Å². The lowest BCUT2D eigenvalue weighted by Gasteiger charge is -2.30. The standard InChI is InChI=1S/C17H20N2O2/c1-11-6-14-8-13(2-3-16(14)21-11)17(20)18-15-7-12-4-5-19(9-12)10-15/h2-3,6,8,12,15H,4-5,7,9-10H2,1H3,(H,18,20)/t12-,15-/m1/s1/i17+1. The van der Waals surface area contributed by atoms with E-state index in [4.69, 9.17) is 4.42 Å². The van der Waals surface area contributed by atoms with Gasteiger partial charge in [-0.05, 0) is 56.5 Å². The second-order valence-electron chi connectivity index (χ2n) is 6.43. The van der Waals surface area contributed by atoms with Crippen molar-refractivity contribution >= 4 is 16.9 Å². The summed E-state index contributed by atoms with van der Waals surface area (Å²) in [5.74, 6) is 1.67. The molecule has 1 amide bonds. The Morgan fingerprint density at radius 2 is 2.24 bits per heavy atom. The SMILES string of the molecule is Cc1cc2cc([13C](=O)N[C@@H]3C[C@H]4CCN(C4)C3)ccc2o1. The van der Waals surface area contributed by atoms with Gasteiger partial charge in [0.15, 0.2) is 0 Å². The van der Waals surface area contributed by atoms with Gasteiger partial charge in [0.05, 0.1) is 0 Å². The number of carbonyl (C=O) groups is 1. The summed E-state index contributed by atoms with van der Waals surface area (Å²) in [6, 6.07) is 7.90. The van der Waals surface area contributed by atoms with E-state index in [1.165, 1.54) is 19.5 Å². The fraction of sp³-hybridized carbons (Fsp3) is 0.471. The first kappa shape index (κ1) is 12.9. The lowest BCUT2D eigenvalue weighted by atomic mass is 9.97. The quantitative estimate of drug-likeness (QED) is 0.863. The fourth-order valence-corrected chi connectivity index (χ4v) is 3.75. The van der Waals surface area contributed by atoms with Crippen molar-refractivity contribution in [2.45, 2.75) is 25.8 Å². The lowest BCUT2D eigenvalue weighted by Crippen LogP contribution is -2.47. The molecular formula is C17H20N2O2. The Balaban J connectivity index is 1.50. The van der Waals surface area contributed by atoms with E-state index in [1.807, 2.05) is 31.2 Å². The van der Waals surface area contributed by atoms with E-state index in [0.717, 1.165) is 41.2 Å². The van der Waals surface area contributed by atoms with Gasteiger partial charge in [-0.15, -0.1) is 0 Å². The molecule has 3 heterocycles. The molecule has 0 spiro atoms. The van der Waals surface area contributed by atoms with E-state index in [-0.39, 0.29) is 5.91 Å². The third-order valence-corrected chi connectivity index (χ3v) is 4.70. The van der Waals surface area contributed by atoms with Crippen LogP contribution in [-0.2, 0) is 0 Å². The van der Waals surface area contributed by atoms with Gasteiger partial charge < -0.3 is 14.6 Å². The summed E-state index contributed by atoms with van der Waals surface area (Å²) in [5.41, 5.74) is 1.56. The monoisotopic (exact) mass is 285 g/mol. The van der Waals surface area contributed by atoms with Crippen molar-refractivity contribution in [3.8, 4) is 0 Å². The van der Waals surface area contributed by atoms with E-state index in [9.17, 15) is 4.79 Å². The number of hydrogen-bond donors (Lipinski definition) is 1. The Bertz CT molecular complexity index is 679. The summed E-state index contributed by atoms with van der Waals surface area (Å²) in [6.45, 7) is 5.32. The summed E-state index contributed by atoms with van der Waals surface area (Å²) < 4.78 is 5.55. The number of nitrogens with one attached hydrogen (secondary N) is 1. The predicted molar refractivity (Wildman–Crippen MR) is 81.4 cm³/mol. The molecule has 110 valence electrons. The number of benzene rings is 1. The summed E-state index contributed by atoms with van der Waals surface area (Å²) in [4.78, 5) is 14.9. The van der Waals surface area contributed by atoms with Crippen LogP contribution in [0.2, 0.25) is 0 Å². The van der Waals surface area contributed by atoms with Gasteiger partial charge in [0.25, 0.3) is 5.91 Å². The lowest BCUT2D eigenvalue weighted by molar-refractivity contribution is 0.0909. The first-order valence-corrected chi connectivity index (χ1v) is 7.71. The highest BCUT2D eigenvalue weighted by atomic mass is 16.3. The molecule has 4 heteroatoms. The van der Waals surface area contributed by atoms with Crippen LogP contribution in [0.5, 0.6) is 0 Å². The van der Waals surface area contributed by atoms with Crippen LogP contribution in [0.1, 0.15) is 29.0 Å².